The van der Waals surface area contributed by atoms with Crippen molar-refractivity contribution in [2.24, 2.45) is 0 Å². The van der Waals surface area contributed by atoms with Crippen molar-refractivity contribution in [1.29, 1.82) is 0 Å². The molecule has 0 unspecified atom stereocenters. The van der Waals surface area contributed by atoms with E-state index in [2.05, 4.69) is 5.32 Å². The molecule has 0 bridgehead atoms. The molecule has 2 aromatic carbocycles. The molecule has 0 spiro atoms. The van der Waals surface area contributed by atoms with Gasteiger partial charge >= 0.3 is 6.18 Å². The third-order valence-corrected chi connectivity index (χ3v) is 3.31. The van der Waals surface area contributed by atoms with Gasteiger partial charge in [-0.05, 0) is 42.3 Å². The molecule has 0 aliphatic heterocycles. The highest BCUT2D eigenvalue weighted by Crippen LogP contribution is 2.29. The van der Waals surface area contributed by atoms with Crippen LogP contribution in [-0.2, 0) is 12.6 Å². The number of halogens is 3. The molecule has 23 heavy (non-hydrogen) atoms. The molecule has 3 nitrogen and oxygen atoms in total. The molecular formula is C17H16F3NO2. The van der Waals surface area contributed by atoms with Crippen LogP contribution in [-0.4, -0.2) is 19.6 Å². The van der Waals surface area contributed by atoms with E-state index in [1.165, 1.54) is 19.2 Å². The van der Waals surface area contributed by atoms with Crippen LogP contribution in [0.25, 0.3) is 0 Å². The smallest absolute Gasteiger partial charge is 0.416 e. The molecule has 0 saturated carbocycles. The van der Waals surface area contributed by atoms with E-state index in [0.717, 1.165) is 17.7 Å². The van der Waals surface area contributed by atoms with Crippen LogP contribution in [0.3, 0.4) is 0 Å². The first-order chi connectivity index (χ1) is 10.9. The predicted molar refractivity (Wildman–Crippen MR) is 80.5 cm³/mol. The zero-order valence-corrected chi connectivity index (χ0v) is 12.5. The lowest BCUT2D eigenvalue weighted by molar-refractivity contribution is -0.137. The van der Waals surface area contributed by atoms with Gasteiger partial charge in [-0.1, -0.05) is 18.2 Å². The number of hydrogen-bond acceptors (Lipinski definition) is 2. The van der Waals surface area contributed by atoms with E-state index in [1.54, 1.807) is 24.3 Å². The molecule has 2 aromatic rings. The predicted octanol–water partition coefficient (Wildman–Crippen LogP) is 3.69. The fraction of sp³-hybridized carbons (Fsp3) is 0.235. The number of methoxy groups -OCH3 is 1. The van der Waals surface area contributed by atoms with Crippen molar-refractivity contribution in [2.75, 3.05) is 13.7 Å². The van der Waals surface area contributed by atoms with E-state index >= 15 is 0 Å². The Labute approximate surface area is 132 Å². The quantitative estimate of drug-likeness (QED) is 0.911. The molecule has 0 fully saturated rings. The van der Waals surface area contributed by atoms with Gasteiger partial charge in [0.1, 0.15) is 5.75 Å². The van der Waals surface area contributed by atoms with Gasteiger partial charge in [0.2, 0.25) is 0 Å². The number of hydrogen-bond donors (Lipinski definition) is 1. The topological polar surface area (TPSA) is 38.3 Å². The van der Waals surface area contributed by atoms with Crippen molar-refractivity contribution < 1.29 is 22.7 Å². The Morgan fingerprint density at radius 3 is 2.43 bits per heavy atom. The van der Waals surface area contributed by atoms with Gasteiger partial charge in [0, 0.05) is 12.1 Å². The average molecular weight is 323 g/mol. The Hall–Kier alpha value is -2.50. The molecule has 0 saturated heterocycles. The van der Waals surface area contributed by atoms with E-state index in [-0.39, 0.29) is 5.91 Å². The first-order valence-electron chi connectivity index (χ1n) is 6.98. The minimum atomic E-state index is -4.33. The van der Waals surface area contributed by atoms with Gasteiger partial charge in [0.25, 0.3) is 5.91 Å². The van der Waals surface area contributed by atoms with Crippen LogP contribution in [0.15, 0.2) is 48.5 Å². The van der Waals surface area contributed by atoms with Gasteiger partial charge in [-0.3, -0.25) is 4.79 Å². The van der Waals surface area contributed by atoms with Gasteiger partial charge in [0.15, 0.2) is 0 Å². The summed E-state index contributed by atoms with van der Waals surface area (Å²) in [5.74, 6) is 0.330. The molecule has 0 aliphatic carbocycles. The van der Waals surface area contributed by atoms with Gasteiger partial charge in [-0.25, -0.2) is 0 Å². The minimum absolute atomic E-state index is 0.254. The third kappa shape index (κ3) is 4.74. The Morgan fingerprint density at radius 1 is 1.13 bits per heavy atom. The highest BCUT2D eigenvalue weighted by molar-refractivity contribution is 5.94. The first kappa shape index (κ1) is 16.9. The van der Waals surface area contributed by atoms with Gasteiger partial charge in [-0.2, -0.15) is 13.2 Å². The number of carbonyl (C=O) groups excluding carboxylic acids is 1. The fourth-order valence-corrected chi connectivity index (χ4v) is 2.05. The molecule has 0 atom stereocenters. The molecule has 1 N–H and O–H groups in total. The van der Waals surface area contributed by atoms with Gasteiger partial charge in [-0.15, -0.1) is 0 Å². The zero-order valence-electron chi connectivity index (χ0n) is 12.5. The van der Waals surface area contributed by atoms with Crippen LogP contribution in [0.2, 0.25) is 0 Å². The number of nitrogens with one attached hydrogen (secondary N) is 1. The monoisotopic (exact) mass is 323 g/mol. The Kier molecular flexibility index (Phi) is 5.26. The zero-order chi connectivity index (χ0) is 16.9. The number of benzene rings is 2. The first-order valence-corrected chi connectivity index (χ1v) is 6.98. The van der Waals surface area contributed by atoms with Crippen molar-refractivity contribution in [2.45, 2.75) is 12.6 Å². The van der Waals surface area contributed by atoms with Crippen LogP contribution in [0, 0.1) is 0 Å². The van der Waals surface area contributed by atoms with Crippen LogP contribution in [0.4, 0.5) is 13.2 Å². The average Bonchev–Trinajstić information content (AvgIpc) is 2.54. The third-order valence-electron chi connectivity index (χ3n) is 3.31. The van der Waals surface area contributed by atoms with Crippen LogP contribution in [0.1, 0.15) is 21.5 Å². The Bertz CT molecular complexity index is 666. The van der Waals surface area contributed by atoms with Crippen molar-refractivity contribution in [1.82, 2.24) is 5.32 Å². The van der Waals surface area contributed by atoms with Crippen LogP contribution < -0.4 is 10.1 Å². The molecule has 0 radical (unpaired) electrons. The van der Waals surface area contributed by atoms with Gasteiger partial charge < -0.3 is 10.1 Å². The van der Waals surface area contributed by atoms with E-state index in [1.807, 2.05) is 0 Å². The molecular weight excluding hydrogens is 307 g/mol. The van der Waals surface area contributed by atoms with Gasteiger partial charge in [0.05, 0.1) is 12.7 Å². The lowest BCUT2D eigenvalue weighted by atomic mass is 10.1. The number of carbonyl (C=O) groups is 1. The number of ether oxygens (including phenoxy) is 1. The minimum Gasteiger partial charge on any atom is -0.497 e. The molecule has 1 amide bonds. The second-order valence-electron chi connectivity index (χ2n) is 4.93. The highest BCUT2D eigenvalue weighted by Gasteiger charge is 2.29. The second-order valence-corrected chi connectivity index (χ2v) is 4.93. The summed E-state index contributed by atoms with van der Waals surface area (Å²) in [6, 6.07) is 11.6. The fourth-order valence-electron chi connectivity index (χ4n) is 2.05. The molecule has 2 rings (SSSR count). The van der Waals surface area contributed by atoms with E-state index < -0.39 is 11.7 Å². The van der Waals surface area contributed by atoms with Crippen molar-refractivity contribution in [3.05, 3.63) is 65.2 Å². The largest absolute Gasteiger partial charge is 0.497 e. The standard InChI is InChI=1S/C17H16F3NO2/c1-23-15-4-2-3-13(11-15)16(22)21-10-9-12-5-7-14(8-6-12)17(18,19)20/h2-8,11H,9-10H2,1H3,(H,21,22). The van der Waals surface area contributed by atoms with E-state index in [4.69, 9.17) is 4.74 Å². The normalized spacial score (nSPS) is 11.1. The lowest BCUT2D eigenvalue weighted by Crippen LogP contribution is -2.25. The number of amides is 1. The Morgan fingerprint density at radius 2 is 1.83 bits per heavy atom. The summed E-state index contributed by atoms with van der Waals surface area (Å²) in [4.78, 5) is 12.0. The molecule has 6 heteroatoms. The Balaban J connectivity index is 1.88. The summed E-state index contributed by atoms with van der Waals surface area (Å²) in [6.45, 7) is 0.335. The maximum absolute atomic E-state index is 12.5. The SMILES string of the molecule is COc1cccc(C(=O)NCCc2ccc(C(F)(F)F)cc2)c1. The number of alkyl halides is 3. The molecule has 0 aliphatic rings. The summed E-state index contributed by atoms with van der Waals surface area (Å²) in [6.07, 6.45) is -3.88. The summed E-state index contributed by atoms with van der Waals surface area (Å²) >= 11 is 0. The van der Waals surface area contributed by atoms with E-state index in [0.29, 0.717) is 24.3 Å². The van der Waals surface area contributed by atoms with E-state index in [9.17, 15) is 18.0 Å². The lowest BCUT2D eigenvalue weighted by Gasteiger charge is -2.09. The summed E-state index contributed by atoms with van der Waals surface area (Å²) < 4.78 is 42.4. The molecule has 0 aromatic heterocycles. The van der Waals surface area contributed by atoms with Crippen molar-refractivity contribution >= 4 is 5.91 Å². The maximum Gasteiger partial charge on any atom is 0.416 e. The van der Waals surface area contributed by atoms with Crippen molar-refractivity contribution in [3.63, 3.8) is 0 Å². The summed E-state index contributed by atoms with van der Waals surface area (Å²) in [7, 11) is 1.52. The molecule has 0 heterocycles. The second kappa shape index (κ2) is 7.17. The number of rotatable bonds is 5. The van der Waals surface area contributed by atoms with Crippen LogP contribution >= 0.6 is 0 Å². The summed E-state index contributed by atoms with van der Waals surface area (Å²) in [5, 5.41) is 2.73. The summed E-state index contributed by atoms with van der Waals surface area (Å²) in [5.41, 5.74) is 0.516. The maximum atomic E-state index is 12.5. The highest BCUT2D eigenvalue weighted by atomic mass is 19.4. The van der Waals surface area contributed by atoms with Crippen LogP contribution in [0.5, 0.6) is 5.75 Å². The molecule has 122 valence electrons. The van der Waals surface area contributed by atoms with Crippen molar-refractivity contribution in [3.8, 4) is 5.75 Å².